The molecule has 5 rings (SSSR count). The number of hydrogen-bond acceptors (Lipinski definition) is 5. The number of anilines is 1. The van der Waals surface area contributed by atoms with Gasteiger partial charge in [-0.05, 0) is 18.6 Å². The van der Waals surface area contributed by atoms with Gasteiger partial charge in [0.05, 0.1) is 17.0 Å². The molecule has 0 unspecified atom stereocenters. The Morgan fingerprint density at radius 3 is 2.74 bits per heavy atom. The molecule has 0 bridgehead atoms. The van der Waals surface area contributed by atoms with Crippen molar-refractivity contribution in [3.05, 3.63) is 47.2 Å². The van der Waals surface area contributed by atoms with E-state index in [9.17, 15) is 4.79 Å². The first-order chi connectivity index (χ1) is 13.1. The molecular formula is C20H22N6O. The van der Waals surface area contributed by atoms with E-state index in [2.05, 4.69) is 40.1 Å². The highest BCUT2D eigenvalue weighted by Crippen LogP contribution is 2.34. The predicted molar refractivity (Wildman–Crippen MR) is 103 cm³/mol. The number of benzene rings is 1. The minimum absolute atomic E-state index is 0.0869. The van der Waals surface area contributed by atoms with E-state index >= 15 is 0 Å². The molecule has 27 heavy (non-hydrogen) atoms. The van der Waals surface area contributed by atoms with Crippen LogP contribution in [-0.2, 0) is 6.42 Å². The molecule has 2 aromatic heterocycles. The average Bonchev–Trinajstić information content (AvgIpc) is 3.04. The van der Waals surface area contributed by atoms with Crippen LogP contribution in [0, 0.1) is 0 Å². The SMILES string of the molecule is CC(C)c1nc2c(c(N3CC(c4nc5ccccc5[nH]4)C3)n1)CCNC2=O. The zero-order chi connectivity index (χ0) is 18.5. The molecule has 1 aromatic carbocycles. The van der Waals surface area contributed by atoms with Gasteiger partial charge < -0.3 is 15.2 Å². The number of H-pyrrole nitrogens is 1. The molecule has 7 nitrogen and oxygen atoms in total. The Kier molecular flexibility index (Phi) is 3.63. The van der Waals surface area contributed by atoms with Gasteiger partial charge in [-0.25, -0.2) is 15.0 Å². The fraction of sp³-hybridized carbons (Fsp3) is 0.400. The number of amides is 1. The molecule has 4 heterocycles. The Morgan fingerprint density at radius 1 is 1.15 bits per heavy atom. The van der Waals surface area contributed by atoms with Crippen LogP contribution in [0.1, 0.15) is 53.4 Å². The lowest BCUT2D eigenvalue weighted by Gasteiger charge is -2.40. The van der Waals surface area contributed by atoms with Crippen molar-refractivity contribution in [1.29, 1.82) is 0 Å². The van der Waals surface area contributed by atoms with Crippen molar-refractivity contribution in [3.63, 3.8) is 0 Å². The van der Waals surface area contributed by atoms with Gasteiger partial charge in [-0.15, -0.1) is 0 Å². The fourth-order valence-electron chi connectivity index (χ4n) is 3.80. The maximum absolute atomic E-state index is 12.3. The molecule has 1 fully saturated rings. The lowest BCUT2D eigenvalue weighted by molar-refractivity contribution is 0.0940. The van der Waals surface area contributed by atoms with Crippen molar-refractivity contribution in [2.24, 2.45) is 0 Å². The number of rotatable bonds is 3. The van der Waals surface area contributed by atoms with Gasteiger partial charge in [0.15, 0.2) is 0 Å². The Labute approximate surface area is 157 Å². The molecule has 1 amide bonds. The van der Waals surface area contributed by atoms with E-state index < -0.39 is 0 Å². The number of para-hydroxylation sites is 2. The van der Waals surface area contributed by atoms with E-state index in [-0.39, 0.29) is 11.8 Å². The lowest BCUT2D eigenvalue weighted by Crippen LogP contribution is -2.47. The number of hydrogen-bond donors (Lipinski definition) is 2. The summed E-state index contributed by atoms with van der Waals surface area (Å²) in [4.78, 5) is 32.1. The summed E-state index contributed by atoms with van der Waals surface area (Å²) in [7, 11) is 0. The molecule has 0 atom stereocenters. The molecule has 2 N–H and O–H groups in total. The van der Waals surface area contributed by atoms with E-state index in [4.69, 9.17) is 9.97 Å². The van der Waals surface area contributed by atoms with Crippen molar-refractivity contribution < 1.29 is 4.79 Å². The second-order valence-corrected chi connectivity index (χ2v) is 7.63. The highest BCUT2D eigenvalue weighted by atomic mass is 16.1. The second kappa shape index (κ2) is 6.04. The van der Waals surface area contributed by atoms with Crippen LogP contribution in [-0.4, -0.2) is 45.5 Å². The number of fused-ring (bicyclic) bond motifs is 2. The van der Waals surface area contributed by atoms with Crippen molar-refractivity contribution in [2.45, 2.75) is 32.1 Å². The zero-order valence-electron chi connectivity index (χ0n) is 15.5. The van der Waals surface area contributed by atoms with Crippen molar-refractivity contribution in [2.75, 3.05) is 24.5 Å². The number of carbonyl (C=O) groups excluding carboxylic acids is 1. The Hall–Kier alpha value is -2.96. The summed E-state index contributed by atoms with van der Waals surface area (Å²) in [5, 5.41) is 2.89. The summed E-state index contributed by atoms with van der Waals surface area (Å²) in [6, 6.07) is 8.10. The maximum atomic E-state index is 12.3. The topological polar surface area (TPSA) is 86.8 Å². The summed E-state index contributed by atoms with van der Waals surface area (Å²) in [6.07, 6.45) is 0.778. The summed E-state index contributed by atoms with van der Waals surface area (Å²) in [5.41, 5.74) is 3.60. The normalized spacial score (nSPS) is 17.1. The number of imidazole rings is 1. The Morgan fingerprint density at radius 2 is 1.96 bits per heavy atom. The fourth-order valence-corrected chi connectivity index (χ4v) is 3.80. The van der Waals surface area contributed by atoms with Crippen LogP contribution in [0.4, 0.5) is 5.82 Å². The number of aromatic nitrogens is 4. The van der Waals surface area contributed by atoms with Gasteiger partial charge >= 0.3 is 0 Å². The molecule has 0 spiro atoms. The van der Waals surface area contributed by atoms with Crippen LogP contribution >= 0.6 is 0 Å². The van der Waals surface area contributed by atoms with Gasteiger partial charge in [-0.2, -0.15) is 0 Å². The standard InChI is InChI=1S/C20H22N6O/c1-11(2)17-24-16-13(7-8-21-20(16)27)19(25-17)26-9-12(10-26)18-22-14-5-3-4-6-15(14)23-18/h3-6,11-12H,7-10H2,1-2H3,(H,21,27)(H,22,23). The minimum Gasteiger partial charge on any atom is -0.355 e. The van der Waals surface area contributed by atoms with Crippen LogP contribution in [0.2, 0.25) is 0 Å². The zero-order valence-corrected chi connectivity index (χ0v) is 15.5. The van der Waals surface area contributed by atoms with Crippen molar-refractivity contribution >= 4 is 22.8 Å². The number of aromatic amines is 1. The van der Waals surface area contributed by atoms with E-state index in [0.29, 0.717) is 18.2 Å². The van der Waals surface area contributed by atoms with Crippen LogP contribution < -0.4 is 10.2 Å². The monoisotopic (exact) mass is 362 g/mol. The quantitative estimate of drug-likeness (QED) is 0.747. The van der Waals surface area contributed by atoms with Gasteiger partial charge in [0.1, 0.15) is 23.2 Å². The van der Waals surface area contributed by atoms with Gasteiger partial charge in [0.25, 0.3) is 5.91 Å². The molecule has 2 aliphatic heterocycles. The minimum atomic E-state index is -0.0869. The van der Waals surface area contributed by atoms with Gasteiger partial charge in [-0.3, -0.25) is 4.79 Å². The Bertz CT molecular complexity index is 1000. The smallest absolute Gasteiger partial charge is 0.270 e. The third-order valence-electron chi connectivity index (χ3n) is 5.37. The second-order valence-electron chi connectivity index (χ2n) is 7.63. The number of nitrogens with zero attached hydrogens (tertiary/aromatic N) is 4. The number of carbonyl (C=O) groups is 1. The molecule has 0 saturated carbocycles. The third kappa shape index (κ3) is 2.65. The molecule has 3 aromatic rings. The highest BCUT2D eigenvalue weighted by molar-refractivity contribution is 5.96. The van der Waals surface area contributed by atoms with E-state index in [1.807, 2.05) is 18.2 Å². The van der Waals surface area contributed by atoms with E-state index in [1.165, 1.54) is 0 Å². The number of nitrogens with one attached hydrogen (secondary N) is 2. The van der Waals surface area contributed by atoms with E-state index in [0.717, 1.165) is 53.6 Å². The molecule has 0 radical (unpaired) electrons. The Balaban J connectivity index is 1.45. The first-order valence-electron chi connectivity index (χ1n) is 9.48. The largest absolute Gasteiger partial charge is 0.355 e. The highest BCUT2D eigenvalue weighted by Gasteiger charge is 2.35. The summed E-state index contributed by atoms with van der Waals surface area (Å²) in [6.45, 7) is 6.45. The molecule has 138 valence electrons. The van der Waals surface area contributed by atoms with Crippen LogP contribution in [0.3, 0.4) is 0 Å². The maximum Gasteiger partial charge on any atom is 0.270 e. The van der Waals surface area contributed by atoms with Gasteiger partial charge in [0.2, 0.25) is 0 Å². The van der Waals surface area contributed by atoms with Gasteiger partial charge in [-0.1, -0.05) is 26.0 Å². The molecule has 7 heteroatoms. The van der Waals surface area contributed by atoms with Crippen molar-refractivity contribution in [3.8, 4) is 0 Å². The van der Waals surface area contributed by atoms with Crippen LogP contribution in [0.5, 0.6) is 0 Å². The average molecular weight is 362 g/mol. The third-order valence-corrected chi connectivity index (χ3v) is 5.37. The van der Waals surface area contributed by atoms with Crippen molar-refractivity contribution in [1.82, 2.24) is 25.3 Å². The predicted octanol–water partition coefficient (Wildman–Crippen LogP) is 2.37. The van der Waals surface area contributed by atoms with Crippen LogP contribution in [0.25, 0.3) is 11.0 Å². The molecule has 1 saturated heterocycles. The summed E-state index contributed by atoms with van der Waals surface area (Å²) in [5.74, 6) is 3.12. The first-order valence-corrected chi connectivity index (χ1v) is 9.48. The summed E-state index contributed by atoms with van der Waals surface area (Å²) < 4.78 is 0. The van der Waals surface area contributed by atoms with E-state index in [1.54, 1.807) is 0 Å². The lowest BCUT2D eigenvalue weighted by atomic mass is 9.96. The molecular weight excluding hydrogens is 340 g/mol. The molecule has 0 aliphatic carbocycles. The van der Waals surface area contributed by atoms with Crippen LogP contribution in [0.15, 0.2) is 24.3 Å². The summed E-state index contributed by atoms with van der Waals surface area (Å²) >= 11 is 0. The first kappa shape index (κ1) is 16.2. The van der Waals surface area contributed by atoms with Gasteiger partial charge in [0, 0.05) is 31.1 Å². The molecule has 2 aliphatic rings.